The third-order valence-corrected chi connectivity index (χ3v) is 4.63. The highest BCUT2D eigenvalue weighted by molar-refractivity contribution is 6.30. The molecule has 1 N–H and O–H groups in total. The van der Waals surface area contributed by atoms with Gasteiger partial charge >= 0.3 is 0 Å². The van der Waals surface area contributed by atoms with Crippen LogP contribution in [0, 0.1) is 12.8 Å². The van der Waals surface area contributed by atoms with Gasteiger partial charge in [-0.15, -0.1) is 0 Å². The van der Waals surface area contributed by atoms with Crippen LogP contribution in [-0.2, 0) is 6.54 Å². The molecule has 1 unspecified atom stereocenters. The van der Waals surface area contributed by atoms with E-state index >= 15 is 0 Å². The van der Waals surface area contributed by atoms with Gasteiger partial charge in [0.15, 0.2) is 0 Å². The normalized spacial score (nSPS) is 19.5. The second-order valence-corrected chi connectivity index (χ2v) is 6.39. The molecule has 4 heteroatoms. The maximum Gasteiger partial charge on any atom is 0.134 e. The summed E-state index contributed by atoms with van der Waals surface area (Å²) in [7, 11) is 0. The molecule has 112 valence electrons. The summed E-state index contributed by atoms with van der Waals surface area (Å²) >= 11 is 6.35. The first-order valence-electron chi connectivity index (χ1n) is 7.54. The molecular weight excluding hydrogens is 284 g/mol. The average Bonchev–Trinajstić information content (AvgIpc) is 2.88. The Kier molecular flexibility index (Phi) is 4.43. The molecule has 1 aromatic heterocycles. The smallest absolute Gasteiger partial charge is 0.134 e. The Morgan fingerprint density at radius 3 is 3.05 bits per heavy atom. The topological polar surface area (TPSA) is 36.4 Å². The van der Waals surface area contributed by atoms with E-state index in [9.17, 15) is 0 Å². The predicted molar refractivity (Wildman–Crippen MR) is 86.6 cm³/mol. The summed E-state index contributed by atoms with van der Waals surface area (Å²) in [4.78, 5) is 6.94. The number of aromatic nitrogens is 1. The summed E-state index contributed by atoms with van der Waals surface area (Å²) in [6.45, 7) is 5.32. The first kappa shape index (κ1) is 14.8. The molecule has 2 heterocycles. The highest BCUT2D eigenvalue weighted by Crippen LogP contribution is 2.26. The van der Waals surface area contributed by atoms with Gasteiger partial charge in [0.25, 0.3) is 0 Å². The van der Waals surface area contributed by atoms with E-state index in [2.05, 4.69) is 41.1 Å². The van der Waals surface area contributed by atoms with Gasteiger partial charge in [0, 0.05) is 30.6 Å². The van der Waals surface area contributed by atoms with Crippen molar-refractivity contribution in [3.05, 3.63) is 40.5 Å². The summed E-state index contributed by atoms with van der Waals surface area (Å²) in [6, 6.07) is 8.44. The second-order valence-electron chi connectivity index (χ2n) is 6.04. The average molecular weight is 305 g/mol. The van der Waals surface area contributed by atoms with Gasteiger partial charge in [0.2, 0.25) is 0 Å². The van der Waals surface area contributed by atoms with Gasteiger partial charge in [0.1, 0.15) is 5.15 Å². The number of halogens is 1. The molecule has 1 atom stereocenters. The van der Waals surface area contributed by atoms with Gasteiger partial charge in [-0.3, -0.25) is 4.90 Å². The molecule has 1 saturated heterocycles. The zero-order valence-electron chi connectivity index (χ0n) is 12.3. The SMILES string of the molecule is Cc1ccc2cc(CN3CCC(CCO)C3)c(Cl)nc2c1. The Morgan fingerprint density at radius 2 is 2.24 bits per heavy atom. The summed E-state index contributed by atoms with van der Waals surface area (Å²) in [5.41, 5.74) is 3.26. The molecule has 1 aromatic carbocycles. The van der Waals surface area contributed by atoms with E-state index in [1.807, 2.05) is 0 Å². The number of fused-ring (bicyclic) bond motifs is 1. The van der Waals surface area contributed by atoms with Gasteiger partial charge in [-0.05, 0) is 49.9 Å². The number of aryl methyl sites for hydroxylation is 1. The number of aliphatic hydroxyl groups is 1. The largest absolute Gasteiger partial charge is 0.396 e. The van der Waals surface area contributed by atoms with Crippen molar-refractivity contribution in [2.75, 3.05) is 19.7 Å². The van der Waals surface area contributed by atoms with Gasteiger partial charge in [-0.25, -0.2) is 4.98 Å². The van der Waals surface area contributed by atoms with E-state index in [1.54, 1.807) is 0 Å². The van der Waals surface area contributed by atoms with Crippen LogP contribution in [0.2, 0.25) is 5.15 Å². The Hall–Kier alpha value is -1.16. The molecule has 1 aliphatic heterocycles. The van der Waals surface area contributed by atoms with Crippen LogP contribution >= 0.6 is 11.6 Å². The Labute approximate surface area is 130 Å². The van der Waals surface area contributed by atoms with Crippen molar-refractivity contribution >= 4 is 22.5 Å². The molecule has 1 fully saturated rings. The number of likely N-dealkylation sites (tertiary alicyclic amines) is 1. The highest BCUT2D eigenvalue weighted by Gasteiger charge is 2.22. The first-order valence-corrected chi connectivity index (χ1v) is 7.92. The predicted octanol–water partition coefficient (Wildman–Crippen LogP) is 3.40. The molecule has 1 aliphatic rings. The third-order valence-electron chi connectivity index (χ3n) is 4.30. The summed E-state index contributed by atoms with van der Waals surface area (Å²) in [5.74, 6) is 0.616. The van der Waals surface area contributed by atoms with E-state index in [1.165, 1.54) is 12.0 Å². The van der Waals surface area contributed by atoms with Crippen LogP contribution in [0.5, 0.6) is 0 Å². The van der Waals surface area contributed by atoms with E-state index in [0.29, 0.717) is 11.1 Å². The standard InChI is InChI=1S/C17H21ClN2O/c1-12-2-3-14-9-15(17(18)19-16(14)8-12)11-20-6-4-13(10-20)5-7-21/h2-3,8-9,13,21H,4-7,10-11H2,1H3. The minimum atomic E-state index is 0.288. The number of hydrogen-bond acceptors (Lipinski definition) is 3. The molecular formula is C17H21ClN2O. The van der Waals surface area contributed by atoms with Crippen molar-refractivity contribution in [3.8, 4) is 0 Å². The maximum absolute atomic E-state index is 9.04. The van der Waals surface area contributed by atoms with Crippen molar-refractivity contribution < 1.29 is 5.11 Å². The number of hydrogen-bond donors (Lipinski definition) is 1. The van der Waals surface area contributed by atoms with Crippen LogP contribution in [0.25, 0.3) is 10.9 Å². The Morgan fingerprint density at radius 1 is 1.38 bits per heavy atom. The zero-order valence-corrected chi connectivity index (χ0v) is 13.1. The zero-order chi connectivity index (χ0) is 14.8. The van der Waals surface area contributed by atoms with Crippen molar-refractivity contribution in [2.24, 2.45) is 5.92 Å². The third kappa shape index (κ3) is 3.37. The quantitative estimate of drug-likeness (QED) is 0.880. The first-order chi connectivity index (χ1) is 10.2. The van der Waals surface area contributed by atoms with Gasteiger partial charge in [-0.2, -0.15) is 0 Å². The number of nitrogens with zero attached hydrogens (tertiary/aromatic N) is 2. The highest BCUT2D eigenvalue weighted by atomic mass is 35.5. The van der Waals surface area contributed by atoms with E-state index < -0.39 is 0 Å². The fourth-order valence-corrected chi connectivity index (χ4v) is 3.33. The number of pyridine rings is 1. The lowest BCUT2D eigenvalue weighted by Gasteiger charge is -2.17. The van der Waals surface area contributed by atoms with Crippen molar-refractivity contribution in [1.82, 2.24) is 9.88 Å². The second kappa shape index (κ2) is 6.30. The fraction of sp³-hybridized carbons (Fsp3) is 0.471. The number of rotatable bonds is 4. The number of benzene rings is 1. The lowest BCUT2D eigenvalue weighted by atomic mass is 10.1. The molecule has 0 saturated carbocycles. The molecule has 2 aromatic rings. The molecule has 0 spiro atoms. The van der Waals surface area contributed by atoms with Crippen LogP contribution in [0.4, 0.5) is 0 Å². The van der Waals surface area contributed by atoms with Crippen LogP contribution in [-0.4, -0.2) is 34.7 Å². The molecule has 0 aliphatic carbocycles. The summed E-state index contributed by atoms with van der Waals surface area (Å²) in [6.07, 6.45) is 2.07. The summed E-state index contributed by atoms with van der Waals surface area (Å²) in [5, 5.41) is 10.8. The molecule has 3 rings (SSSR count). The van der Waals surface area contributed by atoms with Gasteiger partial charge < -0.3 is 5.11 Å². The van der Waals surface area contributed by atoms with Crippen molar-refractivity contribution in [1.29, 1.82) is 0 Å². The molecule has 0 amide bonds. The fourth-order valence-electron chi connectivity index (χ4n) is 3.12. The molecule has 0 radical (unpaired) electrons. The Bertz CT molecular complexity index is 644. The van der Waals surface area contributed by atoms with Crippen LogP contribution in [0.3, 0.4) is 0 Å². The Balaban J connectivity index is 1.78. The molecule has 3 nitrogen and oxygen atoms in total. The molecule has 0 bridgehead atoms. The van der Waals surface area contributed by atoms with Crippen molar-refractivity contribution in [3.63, 3.8) is 0 Å². The van der Waals surface area contributed by atoms with Gasteiger partial charge in [0.05, 0.1) is 5.52 Å². The van der Waals surface area contributed by atoms with Crippen LogP contribution in [0.15, 0.2) is 24.3 Å². The van der Waals surface area contributed by atoms with Gasteiger partial charge in [-0.1, -0.05) is 23.7 Å². The van der Waals surface area contributed by atoms with E-state index in [4.69, 9.17) is 16.7 Å². The lowest BCUT2D eigenvalue weighted by molar-refractivity contribution is 0.249. The minimum Gasteiger partial charge on any atom is -0.396 e. The summed E-state index contributed by atoms with van der Waals surface area (Å²) < 4.78 is 0. The van der Waals surface area contributed by atoms with Crippen molar-refractivity contribution in [2.45, 2.75) is 26.3 Å². The molecule has 21 heavy (non-hydrogen) atoms. The lowest BCUT2D eigenvalue weighted by Crippen LogP contribution is -2.20. The van der Waals surface area contributed by atoms with Crippen LogP contribution < -0.4 is 0 Å². The number of aliphatic hydroxyl groups excluding tert-OH is 1. The monoisotopic (exact) mass is 304 g/mol. The van der Waals surface area contributed by atoms with E-state index in [-0.39, 0.29) is 6.61 Å². The van der Waals surface area contributed by atoms with E-state index in [0.717, 1.165) is 42.5 Å². The van der Waals surface area contributed by atoms with Crippen LogP contribution in [0.1, 0.15) is 24.0 Å². The maximum atomic E-state index is 9.04. The minimum absolute atomic E-state index is 0.288.